The molecule has 0 spiro atoms. The molecule has 1 amide bonds. The predicted molar refractivity (Wildman–Crippen MR) is 123 cm³/mol. The van der Waals surface area contributed by atoms with Gasteiger partial charge in [0.1, 0.15) is 17.1 Å². The zero-order valence-corrected chi connectivity index (χ0v) is 18.1. The average Bonchev–Trinajstić information content (AvgIpc) is 2.72. The first-order valence-corrected chi connectivity index (χ1v) is 11.2. The minimum absolute atomic E-state index is 0. The molecule has 2 aromatic heterocycles. The number of aromatic nitrogens is 2. The SMILES string of the molecule is C.Cc1cccc(C(=O)NC23CC4CC(CC(CC(=O)c5cccc(C(=O)O)n5)(C4)C2)C3)n1. The zero-order valence-electron chi connectivity index (χ0n) is 18.1. The number of nitrogens with one attached hydrogen (secondary N) is 1. The van der Waals surface area contributed by atoms with Crippen LogP contribution in [0.5, 0.6) is 0 Å². The molecule has 4 fully saturated rings. The predicted octanol–water partition coefficient (Wildman–Crippen LogP) is 4.46. The fourth-order valence-corrected chi connectivity index (χ4v) is 6.92. The number of carbonyl (C=O) groups is 3. The van der Waals surface area contributed by atoms with Crippen molar-refractivity contribution in [3.8, 4) is 0 Å². The minimum Gasteiger partial charge on any atom is -0.477 e. The normalized spacial score (nSPS) is 29.2. The molecular formula is C26H31N3O4. The van der Waals surface area contributed by atoms with Crippen molar-refractivity contribution in [1.29, 1.82) is 0 Å². The highest BCUT2D eigenvalue weighted by molar-refractivity contribution is 5.96. The summed E-state index contributed by atoms with van der Waals surface area (Å²) in [5, 5.41) is 12.5. The standard InChI is InChI=1S/C25H27N3O4.CH4/c1-15-4-2-6-19(26-15)22(30)28-25-11-16-8-17(12-25)10-24(9-16,14-25)13-21(29)18-5-3-7-20(27-18)23(31)32;/h2-7,16-17H,8-14H2,1H3,(H,28,30)(H,31,32);1H4. The Morgan fingerprint density at radius 1 is 0.970 bits per heavy atom. The van der Waals surface area contributed by atoms with Crippen molar-refractivity contribution in [3.05, 3.63) is 59.2 Å². The fourth-order valence-electron chi connectivity index (χ4n) is 6.92. The third kappa shape index (κ3) is 4.41. The number of ketones is 1. The van der Waals surface area contributed by atoms with Crippen molar-refractivity contribution in [2.24, 2.45) is 17.3 Å². The maximum absolute atomic E-state index is 13.1. The van der Waals surface area contributed by atoms with Gasteiger partial charge in [-0.05, 0) is 87.0 Å². The van der Waals surface area contributed by atoms with E-state index in [1.54, 1.807) is 18.2 Å². The summed E-state index contributed by atoms with van der Waals surface area (Å²) in [5.74, 6) is -0.410. The monoisotopic (exact) mass is 449 g/mol. The largest absolute Gasteiger partial charge is 0.477 e. The number of pyridine rings is 2. The Labute approximate surface area is 194 Å². The van der Waals surface area contributed by atoms with E-state index >= 15 is 0 Å². The van der Waals surface area contributed by atoms with Crippen LogP contribution in [0.4, 0.5) is 0 Å². The number of rotatable bonds is 6. The lowest BCUT2D eigenvalue weighted by molar-refractivity contribution is -0.0771. The van der Waals surface area contributed by atoms with E-state index in [0.29, 0.717) is 24.0 Å². The molecule has 2 unspecified atom stereocenters. The van der Waals surface area contributed by atoms with E-state index in [0.717, 1.165) is 44.2 Å². The average molecular weight is 450 g/mol. The first kappa shape index (κ1) is 23.1. The summed E-state index contributed by atoms with van der Waals surface area (Å²) in [6, 6.07) is 10.0. The van der Waals surface area contributed by atoms with Crippen LogP contribution in [0.1, 0.15) is 89.5 Å². The summed E-state index contributed by atoms with van der Waals surface area (Å²) in [5.41, 5.74) is 0.860. The van der Waals surface area contributed by atoms with E-state index in [9.17, 15) is 19.5 Å². The molecule has 4 aliphatic rings. The van der Waals surface area contributed by atoms with Gasteiger partial charge in [0.15, 0.2) is 5.78 Å². The molecule has 33 heavy (non-hydrogen) atoms. The van der Waals surface area contributed by atoms with Gasteiger partial charge in [0.05, 0.1) is 0 Å². The second kappa shape index (κ2) is 8.36. The molecule has 7 heteroatoms. The topological polar surface area (TPSA) is 109 Å². The van der Waals surface area contributed by atoms with E-state index in [-0.39, 0.29) is 41.5 Å². The number of nitrogens with zero attached hydrogens (tertiary/aromatic N) is 2. The van der Waals surface area contributed by atoms with Crippen LogP contribution in [0.2, 0.25) is 0 Å². The molecule has 2 atom stereocenters. The minimum atomic E-state index is -1.14. The van der Waals surface area contributed by atoms with Crippen LogP contribution < -0.4 is 5.32 Å². The van der Waals surface area contributed by atoms with Gasteiger partial charge < -0.3 is 10.4 Å². The van der Waals surface area contributed by atoms with Gasteiger partial charge in [0.2, 0.25) is 0 Å². The molecular weight excluding hydrogens is 418 g/mol. The highest BCUT2D eigenvalue weighted by Gasteiger charge is 2.58. The van der Waals surface area contributed by atoms with Crippen LogP contribution in [0, 0.1) is 24.2 Å². The number of aryl methyl sites for hydroxylation is 1. The second-order valence-electron chi connectivity index (χ2n) is 10.2. The maximum Gasteiger partial charge on any atom is 0.354 e. The number of carboxylic acid groups (broad SMARTS) is 1. The Kier molecular flexibility index (Phi) is 5.85. The summed E-state index contributed by atoms with van der Waals surface area (Å²) in [6.45, 7) is 1.87. The Morgan fingerprint density at radius 2 is 1.61 bits per heavy atom. The Morgan fingerprint density at radius 3 is 2.27 bits per heavy atom. The number of carboxylic acids is 1. The Balaban J connectivity index is 0.00000259. The molecule has 7 nitrogen and oxygen atoms in total. The first-order chi connectivity index (χ1) is 15.2. The molecule has 2 heterocycles. The van der Waals surface area contributed by atoms with Crippen LogP contribution >= 0.6 is 0 Å². The second-order valence-corrected chi connectivity index (χ2v) is 10.2. The lowest BCUT2D eigenvalue weighted by atomic mass is 9.46. The molecule has 0 aliphatic heterocycles. The lowest BCUT2D eigenvalue weighted by Crippen LogP contribution is -2.63. The van der Waals surface area contributed by atoms with Gasteiger partial charge >= 0.3 is 5.97 Å². The van der Waals surface area contributed by atoms with Crippen LogP contribution in [-0.2, 0) is 0 Å². The van der Waals surface area contributed by atoms with Crippen molar-refractivity contribution in [2.45, 2.75) is 64.8 Å². The van der Waals surface area contributed by atoms with Crippen LogP contribution in [0.15, 0.2) is 36.4 Å². The number of hydrogen-bond donors (Lipinski definition) is 2. The summed E-state index contributed by atoms with van der Waals surface area (Å²) < 4.78 is 0. The van der Waals surface area contributed by atoms with Crippen molar-refractivity contribution < 1.29 is 19.5 Å². The quantitative estimate of drug-likeness (QED) is 0.630. The van der Waals surface area contributed by atoms with E-state index in [4.69, 9.17) is 0 Å². The third-order valence-electron chi connectivity index (χ3n) is 7.47. The summed E-state index contributed by atoms with van der Waals surface area (Å²) in [6.07, 6.45) is 6.13. The zero-order chi connectivity index (χ0) is 22.5. The van der Waals surface area contributed by atoms with E-state index in [1.807, 2.05) is 19.1 Å². The molecule has 2 N–H and O–H groups in total. The molecule has 4 bridgehead atoms. The lowest BCUT2D eigenvalue weighted by Gasteiger charge is -2.62. The summed E-state index contributed by atoms with van der Waals surface area (Å²) in [4.78, 5) is 45.8. The van der Waals surface area contributed by atoms with Gasteiger partial charge in [-0.3, -0.25) is 9.59 Å². The molecule has 4 aliphatic carbocycles. The third-order valence-corrected chi connectivity index (χ3v) is 7.47. The summed E-state index contributed by atoms with van der Waals surface area (Å²) >= 11 is 0. The first-order valence-electron chi connectivity index (χ1n) is 11.2. The van der Waals surface area contributed by atoms with Crippen LogP contribution in [-0.4, -0.2) is 38.3 Å². The highest BCUT2D eigenvalue weighted by atomic mass is 16.4. The number of hydrogen-bond acceptors (Lipinski definition) is 5. The van der Waals surface area contributed by atoms with Crippen molar-refractivity contribution in [3.63, 3.8) is 0 Å². The number of amides is 1. The molecule has 4 saturated carbocycles. The molecule has 0 saturated heterocycles. The van der Waals surface area contributed by atoms with Crippen LogP contribution in [0.3, 0.4) is 0 Å². The maximum atomic E-state index is 13.1. The van der Waals surface area contributed by atoms with Crippen molar-refractivity contribution >= 4 is 17.7 Å². The number of carbonyl (C=O) groups excluding carboxylic acids is 2. The van der Waals surface area contributed by atoms with Crippen LogP contribution in [0.25, 0.3) is 0 Å². The van der Waals surface area contributed by atoms with Gasteiger partial charge in [-0.25, -0.2) is 14.8 Å². The number of Topliss-reactive ketones (excluding diaryl/α,β-unsaturated/α-hetero) is 1. The molecule has 2 aromatic rings. The van der Waals surface area contributed by atoms with E-state index in [2.05, 4.69) is 15.3 Å². The van der Waals surface area contributed by atoms with Gasteiger partial charge in [0.25, 0.3) is 5.91 Å². The van der Waals surface area contributed by atoms with Gasteiger partial charge in [0, 0.05) is 17.7 Å². The van der Waals surface area contributed by atoms with Gasteiger partial charge in [-0.2, -0.15) is 0 Å². The molecule has 174 valence electrons. The van der Waals surface area contributed by atoms with E-state index in [1.165, 1.54) is 6.07 Å². The highest BCUT2D eigenvalue weighted by Crippen LogP contribution is 2.63. The Bertz CT molecular complexity index is 1100. The Hall–Kier alpha value is -3.09. The van der Waals surface area contributed by atoms with E-state index < -0.39 is 5.97 Å². The molecule has 0 aromatic carbocycles. The van der Waals surface area contributed by atoms with Crippen molar-refractivity contribution in [1.82, 2.24) is 15.3 Å². The van der Waals surface area contributed by atoms with Gasteiger partial charge in [-0.15, -0.1) is 0 Å². The smallest absolute Gasteiger partial charge is 0.354 e. The van der Waals surface area contributed by atoms with Gasteiger partial charge in [-0.1, -0.05) is 19.6 Å². The molecule has 0 radical (unpaired) electrons. The summed E-state index contributed by atoms with van der Waals surface area (Å²) in [7, 11) is 0. The fraction of sp³-hybridized carbons (Fsp3) is 0.500. The molecule has 6 rings (SSSR count). The van der Waals surface area contributed by atoms with Crippen molar-refractivity contribution in [2.75, 3.05) is 0 Å². The number of aromatic carboxylic acids is 1.